The summed E-state index contributed by atoms with van der Waals surface area (Å²) in [5.74, 6) is -2.85. The second-order valence-electron chi connectivity index (χ2n) is 6.82. The minimum Gasteiger partial charge on any atom is -0.406 e. The number of nitrogens with zero attached hydrogens (tertiary/aromatic N) is 2. The largest absolute Gasteiger partial charge is 0.420 e. The van der Waals surface area contributed by atoms with Gasteiger partial charge in [0.15, 0.2) is 17.0 Å². The molecule has 2 aromatic carbocycles. The molecule has 29 heavy (non-hydrogen) atoms. The number of hydrogen-bond acceptors (Lipinski definition) is 4. The molecule has 7 heteroatoms. The summed E-state index contributed by atoms with van der Waals surface area (Å²) in [5, 5.41) is 0. The van der Waals surface area contributed by atoms with Crippen LogP contribution in [0.2, 0.25) is 0 Å². The van der Waals surface area contributed by atoms with Gasteiger partial charge < -0.3 is 4.42 Å². The third-order valence-corrected chi connectivity index (χ3v) is 4.83. The average molecular weight is 394 g/mol. The molecule has 0 unspecified atom stereocenters. The lowest BCUT2D eigenvalue weighted by Gasteiger charge is -2.09. The van der Waals surface area contributed by atoms with Crippen LogP contribution < -0.4 is 5.76 Å². The lowest BCUT2D eigenvalue weighted by molar-refractivity contribution is 0.0985. The van der Waals surface area contributed by atoms with Gasteiger partial charge in [0.05, 0.1) is 5.56 Å². The molecule has 0 radical (unpaired) electrons. The number of carbonyl (C=O) groups excluding carboxylic acids is 1. The molecular weight excluding hydrogens is 378 g/mol. The van der Waals surface area contributed by atoms with Crippen LogP contribution in [0.1, 0.15) is 21.5 Å². The van der Waals surface area contributed by atoms with E-state index in [2.05, 4.69) is 4.98 Å². The second-order valence-corrected chi connectivity index (χ2v) is 6.82. The highest BCUT2D eigenvalue weighted by molar-refractivity contribution is 5.98. The van der Waals surface area contributed by atoms with E-state index in [4.69, 9.17) is 4.42 Å². The number of Topliss-reactive ketones (excluding diaryl/α,β-unsaturated/α-hetero) is 1. The molecule has 0 N–H and O–H groups in total. The van der Waals surface area contributed by atoms with Crippen LogP contribution in [0.25, 0.3) is 22.4 Å². The van der Waals surface area contributed by atoms with E-state index in [9.17, 15) is 18.4 Å². The summed E-state index contributed by atoms with van der Waals surface area (Å²) in [4.78, 5) is 28.3. The number of hydrogen-bond donors (Lipinski definition) is 0. The van der Waals surface area contributed by atoms with E-state index in [1.807, 2.05) is 6.92 Å². The number of benzene rings is 2. The monoisotopic (exact) mass is 394 g/mol. The van der Waals surface area contributed by atoms with E-state index in [0.29, 0.717) is 16.8 Å². The quantitative estimate of drug-likeness (QED) is 0.487. The highest BCUT2D eigenvalue weighted by Crippen LogP contribution is 2.27. The fourth-order valence-corrected chi connectivity index (χ4v) is 3.36. The first-order valence-electron chi connectivity index (χ1n) is 8.88. The van der Waals surface area contributed by atoms with Crippen LogP contribution in [0, 0.1) is 18.6 Å². The van der Waals surface area contributed by atoms with Crippen LogP contribution in [0.5, 0.6) is 0 Å². The summed E-state index contributed by atoms with van der Waals surface area (Å²) < 4.78 is 34.2. The lowest BCUT2D eigenvalue weighted by Crippen LogP contribution is -2.09. The number of halogens is 2. The van der Waals surface area contributed by atoms with Crippen molar-refractivity contribution in [3.8, 4) is 11.1 Å². The third-order valence-electron chi connectivity index (χ3n) is 4.83. The molecule has 4 rings (SSSR count). The third kappa shape index (κ3) is 3.35. The minimum atomic E-state index is -0.868. The van der Waals surface area contributed by atoms with Crippen molar-refractivity contribution >= 4 is 17.0 Å². The summed E-state index contributed by atoms with van der Waals surface area (Å²) in [7, 11) is 1.58. The number of aromatic nitrogens is 2. The Kier molecular flexibility index (Phi) is 4.58. The van der Waals surface area contributed by atoms with Crippen LogP contribution in [-0.4, -0.2) is 15.3 Å². The highest BCUT2D eigenvalue weighted by Gasteiger charge is 2.18. The van der Waals surface area contributed by atoms with Crippen LogP contribution in [0.15, 0.2) is 57.9 Å². The van der Waals surface area contributed by atoms with Gasteiger partial charge in [-0.15, -0.1) is 0 Å². The van der Waals surface area contributed by atoms with E-state index in [1.54, 1.807) is 37.5 Å². The van der Waals surface area contributed by atoms with Gasteiger partial charge >= 0.3 is 5.76 Å². The number of oxazole rings is 1. The summed E-state index contributed by atoms with van der Waals surface area (Å²) in [6.07, 6.45) is 1.52. The first kappa shape index (κ1) is 18.7. The Morgan fingerprint density at radius 2 is 1.86 bits per heavy atom. The maximum Gasteiger partial charge on any atom is 0.420 e. The summed E-state index contributed by atoms with van der Waals surface area (Å²) in [6.45, 7) is 1.86. The van der Waals surface area contributed by atoms with Gasteiger partial charge in [-0.1, -0.05) is 24.3 Å². The number of aryl methyl sites for hydroxylation is 2. The predicted octanol–water partition coefficient (Wildman–Crippen LogP) is 4.21. The van der Waals surface area contributed by atoms with E-state index in [-0.39, 0.29) is 6.42 Å². The summed E-state index contributed by atoms with van der Waals surface area (Å²) >= 11 is 0. The van der Waals surface area contributed by atoms with Crippen molar-refractivity contribution in [2.24, 2.45) is 7.05 Å². The molecule has 146 valence electrons. The number of pyridine rings is 1. The summed E-state index contributed by atoms with van der Waals surface area (Å²) in [6, 6.07) is 10.4. The average Bonchev–Trinajstić information content (AvgIpc) is 2.95. The molecule has 0 atom stereocenters. The maximum absolute atomic E-state index is 13.8. The zero-order valence-electron chi connectivity index (χ0n) is 15.7. The van der Waals surface area contributed by atoms with Gasteiger partial charge in [-0.25, -0.2) is 18.6 Å². The molecule has 0 amide bonds. The Balaban J connectivity index is 1.65. The predicted molar refractivity (Wildman–Crippen MR) is 104 cm³/mol. The Morgan fingerprint density at radius 1 is 1.14 bits per heavy atom. The maximum atomic E-state index is 13.8. The number of ketones is 1. The zero-order chi connectivity index (χ0) is 20.7. The van der Waals surface area contributed by atoms with Gasteiger partial charge in [0.2, 0.25) is 0 Å². The Morgan fingerprint density at radius 3 is 2.55 bits per heavy atom. The van der Waals surface area contributed by atoms with E-state index in [1.165, 1.54) is 10.6 Å². The first-order valence-corrected chi connectivity index (χ1v) is 8.88. The molecule has 0 bridgehead atoms. The van der Waals surface area contributed by atoms with Crippen molar-refractivity contribution in [1.29, 1.82) is 0 Å². The van der Waals surface area contributed by atoms with Gasteiger partial charge in [-0.05, 0) is 41.8 Å². The van der Waals surface area contributed by atoms with Crippen molar-refractivity contribution in [3.05, 3.63) is 87.5 Å². The Labute approximate surface area is 164 Å². The van der Waals surface area contributed by atoms with E-state index < -0.39 is 28.7 Å². The van der Waals surface area contributed by atoms with Crippen molar-refractivity contribution < 1.29 is 18.0 Å². The smallest absolute Gasteiger partial charge is 0.406 e. The number of carbonyl (C=O) groups is 1. The van der Waals surface area contributed by atoms with Gasteiger partial charge in [0.25, 0.3) is 0 Å². The van der Waals surface area contributed by atoms with Gasteiger partial charge in [-0.3, -0.25) is 9.36 Å². The highest BCUT2D eigenvalue weighted by atomic mass is 19.1. The molecular formula is C22H16F2N2O3. The molecule has 0 aliphatic carbocycles. The molecule has 0 spiro atoms. The molecule has 0 saturated carbocycles. The molecule has 0 fully saturated rings. The standard InChI is InChI=1S/C22H16F2N2O3/c1-12-8-13(9-18(27)20-16(23)4-3-5-17(20)24)6-7-15(12)14-10-19-21(25-11-14)26(2)22(28)29-19/h3-8,10-11H,9H2,1-2H3. The number of fused-ring (bicyclic) bond motifs is 1. The normalized spacial score (nSPS) is 11.2. The molecule has 0 saturated heterocycles. The second kappa shape index (κ2) is 7.09. The van der Waals surface area contributed by atoms with Crippen molar-refractivity contribution in [2.75, 3.05) is 0 Å². The summed E-state index contributed by atoms with van der Waals surface area (Å²) in [5.41, 5.74) is 3.39. The van der Waals surface area contributed by atoms with Crippen molar-refractivity contribution in [2.45, 2.75) is 13.3 Å². The molecule has 4 aromatic rings. The fraction of sp³-hybridized carbons (Fsp3) is 0.136. The molecule has 5 nitrogen and oxygen atoms in total. The van der Waals surface area contributed by atoms with Crippen LogP contribution in [-0.2, 0) is 13.5 Å². The van der Waals surface area contributed by atoms with Crippen LogP contribution in [0.3, 0.4) is 0 Å². The Bertz CT molecular complexity index is 1300. The number of rotatable bonds is 4. The van der Waals surface area contributed by atoms with E-state index >= 15 is 0 Å². The lowest BCUT2D eigenvalue weighted by atomic mass is 9.96. The first-order chi connectivity index (χ1) is 13.8. The minimum absolute atomic E-state index is 0.121. The SMILES string of the molecule is Cc1cc(CC(=O)c2c(F)cccc2F)ccc1-c1cnc2c(c1)oc(=O)n2C. The van der Waals surface area contributed by atoms with E-state index in [0.717, 1.165) is 28.8 Å². The van der Waals surface area contributed by atoms with Crippen LogP contribution >= 0.6 is 0 Å². The fourth-order valence-electron chi connectivity index (χ4n) is 3.36. The van der Waals surface area contributed by atoms with Gasteiger partial charge in [0.1, 0.15) is 11.6 Å². The molecule has 2 aromatic heterocycles. The zero-order valence-corrected chi connectivity index (χ0v) is 15.7. The van der Waals surface area contributed by atoms with Gasteiger partial charge in [0, 0.05) is 25.2 Å². The van der Waals surface area contributed by atoms with Crippen molar-refractivity contribution in [3.63, 3.8) is 0 Å². The Hall–Kier alpha value is -3.61. The molecule has 2 heterocycles. The van der Waals surface area contributed by atoms with Crippen molar-refractivity contribution in [1.82, 2.24) is 9.55 Å². The topological polar surface area (TPSA) is 65.1 Å². The molecule has 0 aliphatic rings. The molecule has 0 aliphatic heterocycles. The van der Waals surface area contributed by atoms with Gasteiger partial charge in [-0.2, -0.15) is 0 Å². The van der Waals surface area contributed by atoms with Crippen LogP contribution in [0.4, 0.5) is 8.78 Å².